The number of aliphatic hydroxyl groups is 1. The molecule has 33 heavy (non-hydrogen) atoms. The maximum Gasteiger partial charge on any atom is 0.255 e. The highest BCUT2D eigenvalue weighted by molar-refractivity contribution is 6.04. The van der Waals surface area contributed by atoms with E-state index in [4.69, 9.17) is 14.2 Å². The van der Waals surface area contributed by atoms with E-state index in [1.54, 1.807) is 38.6 Å². The summed E-state index contributed by atoms with van der Waals surface area (Å²) in [5.41, 5.74) is 1.05. The Morgan fingerprint density at radius 1 is 1.09 bits per heavy atom. The average molecular weight is 459 g/mol. The minimum atomic E-state index is -0.482. The fourth-order valence-corrected chi connectivity index (χ4v) is 3.60. The number of rotatable bonds is 10. The van der Waals surface area contributed by atoms with Gasteiger partial charge in [0.25, 0.3) is 5.91 Å². The molecule has 0 spiro atoms. The van der Waals surface area contributed by atoms with Gasteiger partial charge in [0.2, 0.25) is 0 Å². The topological polar surface area (TPSA) is 96.4 Å². The number of nitrogens with one attached hydrogen (secondary N) is 1. The summed E-state index contributed by atoms with van der Waals surface area (Å²) in [6, 6.07) is 8.78. The first-order valence-electron chi connectivity index (χ1n) is 11.2. The highest BCUT2D eigenvalue weighted by Gasteiger charge is 2.20. The molecule has 0 bridgehead atoms. The third-order valence-corrected chi connectivity index (χ3v) is 5.41. The van der Waals surface area contributed by atoms with Gasteiger partial charge in [-0.15, -0.1) is 0 Å². The van der Waals surface area contributed by atoms with Crippen molar-refractivity contribution in [2.45, 2.75) is 26.1 Å². The zero-order valence-electron chi connectivity index (χ0n) is 19.8. The number of carbonyl (C=O) groups is 1. The maximum atomic E-state index is 12.6. The van der Waals surface area contributed by atoms with Crippen LogP contribution in [0.2, 0.25) is 0 Å². The molecule has 0 saturated carbocycles. The number of ether oxygens (including phenoxy) is 3. The van der Waals surface area contributed by atoms with E-state index in [1.807, 2.05) is 26.0 Å². The van der Waals surface area contributed by atoms with Crippen LogP contribution in [0.5, 0.6) is 11.5 Å². The number of anilines is 2. The van der Waals surface area contributed by atoms with E-state index in [2.05, 4.69) is 20.1 Å². The van der Waals surface area contributed by atoms with Gasteiger partial charge in [-0.3, -0.25) is 9.69 Å². The van der Waals surface area contributed by atoms with Crippen LogP contribution in [0.25, 0.3) is 0 Å². The zero-order chi connectivity index (χ0) is 23.8. The molecule has 0 radical (unpaired) electrons. The number of pyridine rings is 1. The van der Waals surface area contributed by atoms with Gasteiger partial charge < -0.3 is 29.5 Å². The monoisotopic (exact) mass is 458 g/mol. The number of β-amino-alcohol motifs (C(OH)–C–C–N with tert-alkyl or cyclic N) is 1. The molecule has 180 valence electrons. The number of piperazine rings is 1. The van der Waals surface area contributed by atoms with E-state index in [1.165, 1.54) is 0 Å². The van der Waals surface area contributed by atoms with Crippen molar-refractivity contribution in [2.24, 2.45) is 0 Å². The molecule has 1 saturated heterocycles. The molecule has 2 aromatic rings. The Balaban J connectivity index is 1.51. The standard InChI is InChI=1S/C24H34N4O5/c1-17(2)33-16-20(29)15-27-7-9-28(10-8-27)23-6-5-19(14-25-23)26-24(30)18-11-21(31-3)13-22(12-18)32-4/h5-6,11-14,17,20,29H,7-10,15-16H2,1-4H3,(H,26,30). The van der Waals surface area contributed by atoms with Gasteiger partial charge in [0.15, 0.2) is 0 Å². The highest BCUT2D eigenvalue weighted by atomic mass is 16.5. The SMILES string of the molecule is COc1cc(OC)cc(C(=O)Nc2ccc(N3CCN(CC(O)COC(C)C)CC3)nc2)c1. The average Bonchev–Trinajstić information content (AvgIpc) is 2.83. The number of benzene rings is 1. The summed E-state index contributed by atoms with van der Waals surface area (Å²) in [6.07, 6.45) is 1.29. The molecule has 3 rings (SSSR count). The first kappa shape index (κ1) is 24.8. The van der Waals surface area contributed by atoms with Gasteiger partial charge in [-0.25, -0.2) is 4.98 Å². The molecule has 1 atom stereocenters. The van der Waals surface area contributed by atoms with Crippen LogP contribution in [0.1, 0.15) is 24.2 Å². The van der Waals surface area contributed by atoms with Gasteiger partial charge in [0.05, 0.1) is 44.9 Å². The van der Waals surface area contributed by atoms with Crippen LogP contribution in [0, 0.1) is 0 Å². The van der Waals surface area contributed by atoms with Gasteiger partial charge in [-0.1, -0.05) is 0 Å². The van der Waals surface area contributed by atoms with Crippen molar-refractivity contribution in [1.82, 2.24) is 9.88 Å². The molecule has 2 N–H and O–H groups in total. The molecule has 1 aromatic carbocycles. The molecule has 9 heteroatoms. The Kier molecular flexibility index (Phi) is 8.87. The molecule has 1 amide bonds. The van der Waals surface area contributed by atoms with Crippen LogP contribution < -0.4 is 19.7 Å². The molecular formula is C24H34N4O5. The second kappa shape index (κ2) is 11.8. The van der Waals surface area contributed by atoms with Crippen LogP contribution in [0.15, 0.2) is 36.5 Å². The molecule has 2 heterocycles. The Morgan fingerprint density at radius 3 is 2.30 bits per heavy atom. The van der Waals surface area contributed by atoms with Crippen molar-refractivity contribution in [1.29, 1.82) is 0 Å². The van der Waals surface area contributed by atoms with Crippen molar-refractivity contribution in [3.05, 3.63) is 42.1 Å². The van der Waals surface area contributed by atoms with E-state index in [0.717, 1.165) is 32.0 Å². The Hall–Kier alpha value is -2.88. The molecule has 1 fully saturated rings. The summed E-state index contributed by atoms with van der Waals surface area (Å²) in [6.45, 7) is 8.22. The molecule has 1 aliphatic rings. The van der Waals surface area contributed by atoms with Crippen LogP contribution in [0.3, 0.4) is 0 Å². The number of carbonyl (C=O) groups excluding carboxylic acids is 1. The molecule has 1 aromatic heterocycles. The van der Waals surface area contributed by atoms with E-state index in [0.29, 0.717) is 35.9 Å². The summed E-state index contributed by atoms with van der Waals surface area (Å²) in [7, 11) is 3.09. The van der Waals surface area contributed by atoms with Crippen LogP contribution >= 0.6 is 0 Å². The lowest BCUT2D eigenvalue weighted by Crippen LogP contribution is -2.49. The number of amides is 1. The fraction of sp³-hybridized carbons (Fsp3) is 0.500. The quantitative estimate of drug-likeness (QED) is 0.560. The summed E-state index contributed by atoms with van der Waals surface area (Å²) in [4.78, 5) is 21.6. The Labute approximate surface area is 195 Å². The minimum absolute atomic E-state index is 0.119. The normalized spacial score (nSPS) is 15.4. The zero-order valence-corrected chi connectivity index (χ0v) is 19.8. The maximum absolute atomic E-state index is 12.6. The van der Waals surface area contributed by atoms with Crippen LogP contribution in [-0.4, -0.2) is 86.7 Å². The summed E-state index contributed by atoms with van der Waals surface area (Å²) in [5, 5.41) is 13.0. The third kappa shape index (κ3) is 7.31. The van der Waals surface area contributed by atoms with Crippen molar-refractivity contribution in [3.63, 3.8) is 0 Å². The smallest absolute Gasteiger partial charge is 0.255 e. The van der Waals surface area contributed by atoms with E-state index >= 15 is 0 Å². The molecule has 1 unspecified atom stereocenters. The summed E-state index contributed by atoms with van der Waals surface area (Å²) >= 11 is 0. The van der Waals surface area contributed by atoms with Gasteiger partial charge in [0, 0.05) is 44.4 Å². The van der Waals surface area contributed by atoms with E-state index < -0.39 is 6.10 Å². The fourth-order valence-electron chi connectivity index (χ4n) is 3.60. The Morgan fingerprint density at radius 2 is 1.76 bits per heavy atom. The van der Waals surface area contributed by atoms with Gasteiger partial charge in [0.1, 0.15) is 17.3 Å². The minimum Gasteiger partial charge on any atom is -0.497 e. The second-order valence-electron chi connectivity index (χ2n) is 8.28. The van der Waals surface area contributed by atoms with E-state index in [-0.39, 0.29) is 12.0 Å². The molecule has 9 nitrogen and oxygen atoms in total. The van der Waals surface area contributed by atoms with Gasteiger partial charge in [-0.05, 0) is 38.1 Å². The summed E-state index contributed by atoms with van der Waals surface area (Å²) < 4.78 is 15.9. The van der Waals surface area contributed by atoms with Crippen molar-refractivity contribution in [3.8, 4) is 11.5 Å². The Bertz CT molecular complexity index is 876. The van der Waals surface area contributed by atoms with E-state index in [9.17, 15) is 9.90 Å². The number of hydrogen-bond acceptors (Lipinski definition) is 8. The first-order valence-corrected chi connectivity index (χ1v) is 11.2. The predicted molar refractivity (Wildman–Crippen MR) is 127 cm³/mol. The van der Waals surface area contributed by atoms with Crippen molar-refractivity contribution in [2.75, 3.05) is 63.8 Å². The lowest BCUT2D eigenvalue weighted by atomic mass is 10.2. The first-order chi connectivity index (χ1) is 15.9. The lowest BCUT2D eigenvalue weighted by Gasteiger charge is -2.36. The lowest BCUT2D eigenvalue weighted by molar-refractivity contribution is -0.00900. The van der Waals surface area contributed by atoms with Crippen molar-refractivity contribution >= 4 is 17.4 Å². The third-order valence-electron chi connectivity index (χ3n) is 5.41. The van der Waals surface area contributed by atoms with Gasteiger partial charge >= 0.3 is 0 Å². The number of aliphatic hydroxyl groups excluding tert-OH is 1. The number of aromatic nitrogens is 1. The molecular weight excluding hydrogens is 424 g/mol. The predicted octanol–water partition coefficient (Wildman–Crippen LogP) is 2.26. The number of hydrogen-bond donors (Lipinski definition) is 2. The second-order valence-corrected chi connectivity index (χ2v) is 8.28. The van der Waals surface area contributed by atoms with Crippen molar-refractivity contribution < 1.29 is 24.1 Å². The van der Waals surface area contributed by atoms with Gasteiger partial charge in [-0.2, -0.15) is 0 Å². The number of nitrogens with zero attached hydrogens (tertiary/aromatic N) is 3. The molecule has 0 aliphatic carbocycles. The molecule has 1 aliphatic heterocycles. The number of methoxy groups -OCH3 is 2. The largest absolute Gasteiger partial charge is 0.497 e. The van der Waals surface area contributed by atoms with Crippen LogP contribution in [0.4, 0.5) is 11.5 Å². The highest BCUT2D eigenvalue weighted by Crippen LogP contribution is 2.23. The summed E-state index contributed by atoms with van der Waals surface area (Å²) in [5.74, 6) is 1.69. The van der Waals surface area contributed by atoms with Crippen LogP contribution in [-0.2, 0) is 4.74 Å².